The molecule has 0 aromatic heterocycles. The van der Waals surface area contributed by atoms with Crippen LogP contribution in [0.1, 0.15) is 41.5 Å². The lowest BCUT2D eigenvalue weighted by molar-refractivity contribution is -0.134. The molecule has 1 aliphatic carbocycles. The molecule has 0 heterocycles. The summed E-state index contributed by atoms with van der Waals surface area (Å²) in [6.45, 7) is 15.1. The Morgan fingerprint density at radius 1 is 1.29 bits per heavy atom. The van der Waals surface area contributed by atoms with E-state index in [0.717, 1.165) is 13.1 Å². The zero-order valence-corrected chi connectivity index (χ0v) is 12.2. The minimum absolute atomic E-state index is 0.128. The number of amides is 1. The molecule has 1 rings (SSSR count). The molecule has 0 aromatic carbocycles. The lowest BCUT2D eigenvalue weighted by Crippen LogP contribution is -2.38. The van der Waals surface area contributed by atoms with E-state index >= 15 is 0 Å². The van der Waals surface area contributed by atoms with E-state index in [2.05, 4.69) is 34.6 Å². The fraction of sp³-hybridized carbons (Fsp3) is 0.929. The first kappa shape index (κ1) is 14.5. The highest BCUT2D eigenvalue weighted by molar-refractivity contribution is 5.84. The molecule has 1 amide bonds. The summed E-state index contributed by atoms with van der Waals surface area (Å²) in [6, 6.07) is 0. The topological polar surface area (TPSA) is 46.3 Å². The summed E-state index contributed by atoms with van der Waals surface area (Å²) in [5.74, 6) is 0.853. The van der Waals surface area contributed by atoms with Gasteiger partial charge in [-0.2, -0.15) is 0 Å². The van der Waals surface area contributed by atoms with Gasteiger partial charge in [-0.3, -0.25) is 4.79 Å². The Labute approximate surface area is 106 Å². The van der Waals surface area contributed by atoms with Gasteiger partial charge in [-0.15, -0.1) is 0 Å². The van der Waals surface area contributed by atoms with Crippen molar-refractivity contribution in [2.24, 2.45) is 28.4 Å². The summed E-state index contributed by atoms with van der Waals surface area (Å²) < 4.78 is 0. The van der Waals surface area contributed by atoms with Gasteiger partial charge in [0.2, 0.25) is 5.91 Å². The van der Waals surface area contributed by atoms with Gasteiger partial charge in [0.15, 0.2) is 0 Å². The summed E-state index contributed by atoms with van der Waals surface area (Å²) in [5.41, 5.74) is 5.89. The molecule has 100 valence electrons. The summed E-state index contributed by atoms with van der Waals surface area (Å²) >= 11 is 0. The van der Waals surface area contributed by atoms with E-state index in [1.54, 1.807) is 0 Å². The van der Waals surface area contributed by atoms with Gasteiger partial charge in [0.05, 0.1) is 0 Å². The van der Waals surface area contributed by atoms with Crippen molar-refractivity contribution in [3.8, 4) is 0 Å². The summed E-state index contributed by atoms with van der Waals surface area (Å²) in [4.78, 5) is 14.5. The van der Waals surface area contributed by atoms with E-state index in [-0.39, 0.29) is 16.7 Å². The fourth-order valence-corrected chi connectivity index (χ4v) is 2.82. The van der Waals surface area contributed by atoms with Crippen molar-refractivity contribution in [3.05, 3.63) is 0 Å². The van der Waals surface area contributed by atoms with Crippen LogP contribution in [0.5, 0.6) is 0 Å². The van der Waals surface area contributed by atoms with Crippen LogP contribution in [0.3, 0.4) is 0 Å². The first-order valence-electron chi connectivity index (χ1n) is 6.69. The largest absolute Gasteiger partial charge is 0.342 e. The minimum Gasteiger partial charge on any atom is -0.342 e. The molecule has 17 heavy (non-hydrogen) atoms. The maximum atomic E-state index is 12.5. The Hall–Kier alpha value is -0.570. The molecule has 0 spiro atoms. The molecule has 1 aliphatic rings. The van der Waals surface area contributed by atoms with Crippen molar-refractivity contribution in [1.82, 2.24) is 4.90 Å². The van der Waals surface area contributed by atoms with Gasteiger partial charge >= 0.3 is 0 Å². The van der Waals surface area contributed by atoms with Gasteiger partial charge in [0, 0.05) is 19.0 Å². The van der Waals surface area contributed by atoms with Crippen molar-refractivity contribution in [2.45, 2.75) is 41.5 Å². The summed E-state index contributed by atoms with van der Waals surface area (Å²) in [5, 5.41) is 0. The lowest BCUT2D eigenvalue weighted by atomic mass is 10.0. The van der Waals surface area contributed by atoms with Gasteiger partial charge in [0.25, 0.3) is 0 Å². The molecular formula is C14H28N2O. The van der Waals surface area contributed by atoms with Crippen LogP contribution >= 0.6 is 0 Å². The van der Waals surface area contributed by atoms with E-state index in [9.17, 15) is 4.79 Å². The average molecular weight is 240 g/mol. The lowest BCUT2D eigenvalue weighted by Gasteiger charge is -2.25. The van der Waals surface area contributed by atoms with Crippen LogP contribution in [0.2, 0.25) is 0 Å². The number of hydrogen-bond donors (Lipinski definition) is 1. The SMILES string of the molecule is CCN(CC(C)CN)C(=O)C1C(C)(C)C1(C)C. The molecule has 0 aliphatic heterocycles. The highest BCUT2D eigenvalue weighted by atomic mass is 16.2. The molecule has 3 heteroatoms. The molecular weight excluding hydrogens is 212 g/mol. The third kappa shape index (κ3) is 2.35. The number of carbonyl (C=O) groups excluding carboxylic acids is 1. The van der Waals surface area contributed by atoms with Crippen LogP contribution < -0.4 is 5.73 Å². The number of nitrogens with two attached hydrogens (primary N) is 1. The van der Waals surface area contributed by atoms with Crippen molar-refractivity contribution in [3.63, 3.8) is 0 Å². The molecule has 2 N–H and O–H groups in total. The molecule has 1 fully saturated rings. The molecule has 0 radical (unpaired) electrons. The van der Waals surface area contributed by atoms with E-state index in [0.29, 0.717) is 18.4 Å². The van der Waals surface area contributed by atoms with Crippen LogP contribution in [0.25, 0.3) is 0 Å². The van der Waals surface area contributed by atoms with E-state index < -0.39 is 0 Å². The summed E-state index contributed by atoms with van der Waals surface area (Å²) in [7, 11) is 0. The first-order valence-corrected chi connectivity index (χ1v) is 6.69. The van der Waals surface area contributed by atoms with Gasteiger partial charge in [-0.1, -0.05) is 34.6 Å². The zero-order valence-electron chi connectivity index (χ0n) is 12.2. The Bertz CT molecular complexity index is 283. The molecule has 0 aromatic rings. The van der Waals surface area contributed by atoms with E-state index in [1.165, 1.54) is 0 Å². The minimum atomic E-state index is 0.128. The van der Waals surface area contributed by atoms with Crippen molar-refractivity contribution >= 4 is 5.91 Å². The monoisotopic (exact) mass is 240 g/mol. The Morgan fingerprint density at radius 3 is 2.06 bits per heavy atom. The van der Waals surface area contributed by atoms with Crippen LogP contribution in [-0.4, -0.2) is 30.4 Å². The number of hydrogen-bond acceptors (Lipinski definition) is 2. The van der Waals surface area contributed by atoms with Crippen molar-refractivity contribution < 1.29 is 4.79 Å². The van der Waals surface area contributed by atoms with Crippen molar-refractivity contribution in [1.29, 1.82) is 0 Å². The van der Waals surface area contributed by atoms with Crippen LogP contribution in [0.15, 0.2) is 0 Å². The highest BCUT2D eigenvalue weighted by Crippen LogP contribution is 2.68. The number of rotatable bonds is 5. The zero-order chi connectivity index (χ0) is 13.4. The average Bonchev–Trinajstić information content (AvgIpc) is 2.64. The molecule has 3 nitrogen and oxygen atoms in total. The van der Waals surface area contributed by atoms with Crippen molar-refractivity contribution in [2.75, 3.05) is 19.6 Å². The Balaban J connectivity index is 2.70. The predicted molar refractivity (Wildman–Crippen MR) is 71.5 cm³/mol. The maximum Gasteiger partial charge on any atom is 0.226 e. The number of nitrogens with zero attached hydrogens (tertiary/aromatic N) is 1. The van der Waals surface area contributed by atoms with Gasteiger partial charge in [-0.25, -0.2) is 0 Å². The second-order valence-corrected chi connectivity index (χ2v) is 6.59. The first-order chi connectivity index (χ1) is 7.70. The molecule has 1 atom stereocenters. The Kier molecular flexibility index (Phi) is 3.92. The maximum absolute atomic E-state index is 12.5. The third-order valence-electron chi connectivity index (χ3n) is 4.90. The van der Waals surface area contributed by atoms with Gasteiger partial charge < -0.3 is 10.6 Å². The molecule has 1 saturated carbocycles. The van der Waals surface area contributed by atoms with E-state index in [1.807, 2.05) is 11.8 Å². The standard InChI is InChI=1S/C14H28N2O/c1-7-16(9-10(2)8-15)12(17)11-13(3,4)14(11,5)6/h10-11H,7-9,15H2,1-6H3. The van der Waals surface area contributed by atoms with E-state index in [4.69, 9.17) is 5.73 Å². The quantitative estimate of drug-likeness (QED) is 0.800. The Morgan fingerprint density at radius 2 is 1.76 bits per heavy atom. The van der Waals surface area contributed by atoms with Gasteiger partial charge in [-0.05, 0) is 30.2 Å². The normalized spacial score (nSPS) is 23.2. The second kappa shape index (κ2) is 4.60. The molecule has 1 unspecified atom stereocenters. The molecule has 0 saturated heterocycles. The third-order valence-corrected chi connectivity index (χ3v) is 4.90. The predicted octanol–water partition coefficient (Wildman–Crippen LogP) is 2.11. The molecule has 0 bridgehead atoms. The fourth-order valence-electron chi connectivity index (χ4n) is 2.82. The smallest absolute Gasteiger partial charge is 0.226 e. The second-order valence-electron chi connectivity index (χ2n) is 6.59. The van der Waals surface area contributed by atoms with Gasteiger partial charge in [0.1, 0.15) is 0 Å². The summed E-state index contributed by atoms with van der Waals surface area (Å²) in [6.07, 6.45) is 0. The number of carbonyl (C=O) groups is 1. The van der Waals surface area contributed by atoms with Crippen LogP contribution in [-0.2, 0) is 4.79 Å². The van der Waals surface area contributed by atoms with Crippen LogP contribution in [0, 0.1) is 22.7 Å². The highest BCUT2D eigenvalue weighted by Gasteiger charge is 2.68. The van der Waals surface area contributed by atoms with Crippen LogP contribution in [0.4, 0.5) is 0 Å².